The van der Waals surface area contributed by atoms with Gasteiger partial charge in [-0.1, -0.05) is 13.0 Å². The summed E-state index contributed by atoms with van der Waals surface area (Å²) in [6.45, 7) is 2.49. The van der Waals surface area contributed by atoms with Crippen LogP contribution >= 0.6 is 0 Å². The van der Waals surface area contributed by atoms with Crippen molar-refractivity contribution in [3.63, 3.8) is 0 Å². The number of benzene rings is 1. The van der Waals surface area contributed by atoms with Gasteiger partial charge in [0.15, 0.2) is 0 Å². The first-order valence-electron chi connectivity index (χ1n) is 6.01. The van der Waals surface area contributed by atoms with Crippen LogP contribution in [-0.4, -0.2) is 37.0 Å². The molecule has 1 fully saturated rings. The Labute approximate surface area is 107 Å². The molecule has 18 heavy (non-hydrogen) atoms. The molecule has 100 valence electrons. The van der Waals surface area contributed by atoms with Gasteiger partial charge >= 0.3 is 0 Å². The normalized spacial score (nSPS) is 21.3. The van der Waals surface area contributed by atoms with Gasteiger partial charge < -0.3 is 10.8 Å². The Morgan fingerprint density at radius 3 is 2.72 bits per heavy atom. The first-order chi connectivity index (χ1) is 8.45. The number of aryl methyl sites for hydroxylation is 1. The fraction of sp³-hybridized carbons (Fsp3) is 0.500. The number of anilines is 1. The summed E-state index contributed by atoms with van der Waals surface area (Å²) in [5.41, 5.74) is 7.26. The molecule has 1 atom stereocenters. The number of aliphatic hydroxyl groups is 1. The topological polar surface area (TPSA) is 83.6 Å². The quantitative estimate of drug-likeness (QED) is 0.787. The van der Waals surface area contributed by atoms with Crippen molar-refractivity contribution in [2.75, 3.05) is 18.8 Å². The molecule has 0 radical (unpaired) electrons. The monoisotopic (exact) mass is 270 g/mol. The average molecular weight is 270 g/mol. The Morgan fingerprint density at radius 1 is 1.50 bits per heavy atom. The third-order valence-electron chi connectivity index (χ3n) is 3.26. The maximum atomic E-state index is 12.3. The number of rotatable bonds is 3. The van der Waals surface area contributed by atoms with Crippen molar-refractivity contribution in [1.29, 1.82) is 0 Å². The Balaban J connectivity index is 2.33. The molecule has 3 N–H and O–H groups in total. The number of nitrogens with zero attached hydrogens (tertiary/aromatic N) is 1. The molecule has 0 unspecified atom stereocenters. The number of β-amino-alcohol motifs (C(OH)–C–C–N with tert-alkyl or cyclic N) is 1. The summed E-state index contributed by atoms with van der Waals surface area (Å²) in [5, 5.41) is 9.42. The van der Waals surface area contributed by atoms with Gasteiger partial charge in [0.25, 0.3) is 0 Å². The smallest absolute Gasteiger partial charge is 0.243 e. The maximum absolute atomic E-state index is 12.3. The number of nitrogen functional groups attached to an aromatic ring is 1. The molecule has 1 heterocycles. The van der Waals surface area contributed by atoms with Crippen molar-refractivity contribution in [3.8, 4) is 0 Å². The van der Waals surface area contributed by atoms with Gasteiger partial charge in [-0.3, -0.25) is 0 Å². The van der Waals surface area contributed by atoms with Crippen LogP contribution in [-0.2, 0) is 16.4 Å². The molecule has 0 aliphatic carbocycles. The molecule has 1 aromatic rings. The van der Waals surface area contributed by atoms with E-state index in [4.69, 9.17) is 5.73 Å². The van der Waals surface area contributed by atoms with Crippen molar-refractivity contribution in [2.45, 2.75) is 30.8 Å². The molecule has 0 aromatic heterocycles. The van der Waals surface area contributed by atoms with Crippen molar-refractivity contribution < 1.29 is 13.5 Å². The molecule has 1 aliphatic heterocycles. The van der Waals surface area contributed by atoms with E-state index in [9.17, 15) is 13.5 Å². The van der Waals surface area contributed by atoms with E-state index >= 15 is 0 Å². The second-order valence-corrected chi connectivity index (χ2v) is 6.46. The van der Waals surface area contributed by atoms with E-state index in [2.05, 4.69) is 0 Å². The summed E-state index contributed by atoms with van der Waals surface area (Å²) in [7, 11) is -3.53. The van der Waals surface area contributed by atoms with E-state index in [1.165, 1.54) is 10.4 Å². The number of aliphatic hydroxyl groups excluding tert-OH is 1. The molecule has 0 saturated carbocycles. The van der Waals surface area contributed by atoms with Crippen LogP contribution in [0.3, 0.4) is 0 Å². The standard InChI is InChI=1S/C12H18N2O3S/c1-2-9-3-4-11(7-12(9)13)18(16,17)14-6-5-10(15)8-14/h3-4,7,10,15H,2,5-6,8,13H2,1H3/t10-/m0/s1. The molecule has 1 aromatic carbocycles. The molecule has 0 amide bonds. The van der Waals surface area contributed by atoms with Crippen molar-refractivity contribution in [3.05, 3.63) is 23.8 Å². The Hall–Kier alpha value is -1.11. The number of nitrogens with two attached hydrogens (primary N) is 1. The summed E-state index contributed by atoms with van der Waals surface area (Å²) in [5.74, 6) is 0. The van der Waals surface area contributed by atoms with Crippen molar-refractivity contribution in [1.82, 2.24) is 4.31 Å². The van der Waals surface area contributed by atoms with Crippen LogP contribution < -0.4 is 5.73 Å². The minimum absolute atomic E-state index is 0.164. The fourth-order valence-corrected chi connectivity index (χ4v) is 3.66. The number of hydrogen-bond acceptors (Lipinski definition) is 4. The lowest BCUT2D eigenvalue weighted by atomic mass is 10.1. The average Bonchev–Trinajstić information content (AvgIpc) is 2.76. The molecule has 5 nitrogen and oxygen atoms in total. The van der Waals surface area contributed by atoms with Crippen molar-refractivity contribution in [2.24, 2.45) is 0 Å². The van der Waals surface area contributed by atoms with Crippen LogP contribution in [0.15, 0.2) is 23.1 Å². The third-order valence-corrected chi connectivity index (χ3v) is 5.12. The van der Waals surface area contributed by atoms with Crippen molar-refractivity contribution >= 4 is 15.7 Å². The van der Waals surface area contributed by atoms with Crippen LogP contribution in [0.1, 0.15) is 18.9 Å². The predicted octanol–water partition coefficient (Wildman–Crippen LogP) is 0.587. The second-order valence-electron chi connectivity index (χ2n) is 4.52. The highest BCUT2D eigenvalue weighted by Crippen LogP contribution is 2.24. The Kier molecular flexibility index (Phi) is 3.61. The zero-order chi connectivity index (χ0) is 13.3. The SMILES string of the molecule is CCc1ccc(S(=O)(=O)N2CC[C@H](O)C2)cc1N. The second kappa shape index (κ2) is 4.87. The van der Waals surface area contributed by atoms with E-state index in [0.717, 1.165) is 12.0 Å². The van der Waals surface area contributed by atoms with Crippen LogP contribution in [0.25, 0.3) is 0 Å². The third kappa shape index (κ3) is 2.36. The van der Waals surface area contributed by atoms with E-state index in [-0.39, 0.29) is 11.4 Å². The van der Waals surface area contributed by atoms with Gasteiger partial charge in [0.05, 0.1) is 11.0 Å². The lowest BCUT2D eigenvalue weighted by molar-refractivity contribution is 0.189. The van der Waals surface area contributed by atoms with E-state index in [0.29, 0.717) is 18.7 Å². The van der Waals surface area contributed by atoms with Crippen LogP contribution in [0, 0.1) is 0 Å². The molecule has 6 heteroatoms. The summed E-state index contributed by atoms with van der Waals surface area (Å²) in [6.07, 6.45) is 0.697. The van der Waals surface area contributed by atoms with Gasteiger partial charge in [-0.05, 0) is 30.5 Å². The first-order valence-corrected chi connectivity index (χ1v) is 7.45. The van der Waals surface area contributed by atoms with Gasteiger partial charge in [-0.2, -0.15) is 4.31 Å². The summed E-state index contributed by atoms with van der Waals surface area (Å²) in [6, 6.07) is 4.82. The molecule has 1 saturated heterocycles. The predicted molar refractivity (Wildman–Crippen MR) is 69.6 cm³/mol. The van der Waals surface area contributed by atoms with Gasteiger partial charge in [-0.15, -0.1) is 0 Å². The fourth-order valence-electron chi connectivity index (χ4n) is 2.13. The highest BCUT2D eigenvalue weighted by Gasteiger charge is 2.31. The van der Waals surface area contributed by atoms with Crippen LogP contribution in [0.2, 0.25) is 0 Å². The molecule has 1 aliphatic rings. The largest absolute Gasteiger partial charge is 0.398 e. The molecule has 2 rings (SSSR count). The molecular weight excluding hydrogens is 252 g/mol. The highest BCUT2D eigenvalue weighted by atomic mass is 32.2. The Bertz CT molecular complexity index is 542. The summed E-state index contributed by atoms with van der Waals surface area (Å²) in [4.78, 5) is 0.200. The first kappa shape index (κ1) is 13.3. The lowest BCUT2D eigenvalue weighted by Crippen LogP contribution is -2.29. The maximum Gasteiger partial charge on any atom is 0.243 e. The van der Waals surface area contributed by atoms with Gasteiger partial charge in [0, 0.05) is 18.8 Å². The zero-order valence-electron chi connectivity index (χ0n) is 10.3. The van der Waals surface area contributed by atoms with Gasteiger partial charge in [0.2, 0.25) is 10.0 Å². The highest BCUT2D eigenvalue weighted by molar-refractivity contribution is 7.89. The molecule has 0 bridgehead atoms. The minimum Gasteiger partial charge on any atom is -0.398 e. The lowest BCUT2D eigenvalue weighted by Gasteiger charge is -2.16. The summed E-state index contributed by atoms with van der Waals surface area (Å²) < 4.78 is 25.9. The number of hydrogen-bond donors (Lipinski definition) is 2. The minimum atomic E-state index is -3.53. The van der Waals surface area contributed by atoms with Crippen LogP contribution in [0.4, 0.5) is 5.69 Å². The van der Waals surface area contributed by atoms with Gasteiger partial charge in [0.1, 0.15) is 0 Å². The molecule has 0 spiro atoms. The number of sulfonamides is 1. The van der Waals surface area contributed by atoms with E-state index in [1.54, 1.807) is 12.1 Å². The molecular formula is C12H18N2O3S. The Morgan fingerprint density at radius 2 is 2.22 bits per heavy atom. The zero-order valence-corrected chi connectivity index (χ0v) is 11.2. The summed E-state index contributed by atoms with van der Waals surface area (Å²) >= 11 is 0. The van der Waals surface area contributed by atoms with E-state index < -0.39 is 16.1 Å². The van der Waals surface area contributed by atoms with Crippen LogP contribution in [0.5, 0.6) is 0 Å². The van der Waals surface area contributed by atoms with Gasteiger partial charge in [-0.25, -0.2) is 8.42 Å². The van der Waals surface area contributed by atoms with E-state index in [1.807, 2.05) is 6.92 Å².